The van der Waals surface area contributed by atoms with Crippen molar-refractivity contribution in [1.29, 1.82) is 0 Å². The number of amides is 2. The van der Waals surface area contributed by atoms with Crippen molar-refractivity contribution < 1.29 is 14.3 Å². The van der Waals surface area contributed by atoms with Crippen molar-refractivity contribution in [3.05, 3.63) is 30.0 Å². The van der Waals surface area contributed by atoms with Gasteiger partial charge in [0.05, 0.1) is 12.6 Å². The van der Waals surface area contributed by atoms with Gasteiger partial charge < -0.3 is 19.9 Å². The molecular weight excluding hydrogens is 306 g/mol. The van der Waals surface area contributed by atoms with E-state index in [1.54, 1.807) is 0 Å². The second-order valence-corrected chi connectivity index (χ2v) is 6.52. The van der Waals surface area contributed by atoms with Crippen molar-refractivity contribution in [1.82, 2.24) is 15.2 Å². The van der Waals surface area contributed by atoms with Crippen molar-refractivity contribution in [3.8, 4) is 5.75 Å². The Bertz CT molecular complexity index is 798. The molecule has 2 amide bonds. The van der Waals surface area contributed by atoms with Gasteiger partial charge in [-0.05, 0) is 37.5 Å². The van der Waals surface area contributed by atoms with E-state index < -0.39 is 0 Å². The Morgan fingerprint density at radius 3 is 3.08 bits per heavy atom. The van der Waals surface area contributed by atoms with E-state index in [-0.39, 0.29) is 17.9 Å². The molecule has 2 saturated heterocycles. The molecule has 0 aliphatic carbocycles. The van der Waals surface area contributed by atoms with Gasteiger partial charge in [-0.15, -0.1) is 0 Å². The summed E-state index contributed by atoms with van der Waals surface area (Å²) in [5.41, 5.74) is 1.47. The highest BCUT2D eigenvalue weighted by Gasteiger charge is 2.39. The number of hydrogen-bond acceptors (Lipinski definition) is 3. The van der Waals surface area contributed by atoms with Gasteiger partial charge in [-0.2, -0.15) is 0 Å². The minimum atomic E-state index is -0.0164. The number of nitrogens with zero attached hydrogens (tertiary/aromatic N) is 1. The summed E-state index contributed by atoms with van der Waals surface area (Å²) < 4.78 is 5.63. The second-order valence-electron chi connectivity index (χ2n) is 6.52. The Kier molecular flexibility index (Phi) is 3.67. The maximum absolute atomic E-state index is 12.9. The van der Waals surface area contributed by atoms with E-state index in [1.807, 2.05) is 36.1 Å². The number of rotatable bonds is 3. The van der Waals surface area contributed by atoms with Crippen LogP contribution in [0.5, 0.6) is 5.75 Å². The van der Waals surface area contributed by atoms with Crippen molar-refractivity contribution in [2.24, 2.45) is 5.92 Å². The normalized spacial score (nSPS) is 23.2. The number of carbonyl (C=O) groups excluding carboxylic acids is 2. The molecule has 0 radical (unpaired) electrons. The zero-order valence-electron chi connectivity index (χ0n) is 13.7. The molecule has 1 aromatic carbocycles. The molecule has 0 bridgehead atoms. The molecule has 2 unspecified atom stereocenters. The van der Waals surface area contributed by atoms with Crippen molar-refractivity contribution >= 4 is 22.7 Å². The van der Waals surface area contributed by atoms with Gasteiger partial charge in [-0.3, -0.25) is 9.59 Å². The van der Waals surface area contributed by atoms with Gasteiger partial charge in [0.25, 0.3) is 5.91 Å². The first kappa shape index (κ1) is 15.1. The topological polar surface area (TPSA) is 74.4 Å². The summed E-state index contributed by atoms with van der Waals surface area (Å²) in [6.07, 6.45) is 1.43. The smallest absolute Gasteiger partial charge is 0.270 e. The lowest BCUT2D eigenvalue weighted by molar-refractivity contribution is -0.123. The van der Waals surface area contributed by atoms with Crippen LogP contribution < -0.4 is 10.1 Å². The lowest BCUT2D eigenvalue weighted by Crippen LogP contribution is -2.44. The van der Waals surface area contributed by atoms with Crippen LogP contribution >= 0.6 is 0 Å². The molecule has 3 heterocycles. The lowest BCUT2D eigenvalue weighted by atomic mass is 9.94. The second kappa shape index (κ2) is 5.85. The van der Waals surface area contributed by atoms with Crippen molar-refractivity contribution in [2.45, 2.75) is 25.8 Å². The number of likely N-dealkylation sites (tertiary alicyclic amines) is 1. The Balaban J connectivity index is 1.58. The average Bonchev–Trinajstić information content (AvgIpc) is 3.18. The van der Waals surface area contributed by atoms with E-state index in [1.165, 1.54) is 0 Å². The summed E-state index contributed by atoms with van der Waals surface area (Å²) in [7, 11) is 0. The van der Waals surface area contributed by atoms with E-state index in [4.69, 9.17) is 4.74 Å². The van der Waals surface area contributed by atoms with Gasteiger partial charge in [-0.1, -0.05) is 6.07 Å². The number of H-pyrrole nitrogens is 1. The Morgan fingerprint density at radius 2 is 2.25 bits per heavy atom. The number of ether oxygens (including phenoxy) is 1. The molecule has 6 heteroatoms. The van der Waals surface area contributed by atoms with Gasteiger partial charge >= 0.3 is 0 Å². The highest BCUT2D eigenvalue weighted by molar-refractivity contribution is 6.00. The zero-order chi connectivity index (χ0) is 16.7. The fourth-order valence-electron chi connectivity index (χ4n) is 3.78. The van der Waals surface area contributed by atoms with Crippen LogP contribution in [0.1, 0.15) is 30.3 Å². The molecule has 1 aromatic heterocycles. The maximum Gasteiger partial charge on any atom is 0.270 e. The minimum absolute atomic E-state index is 0.0164. The number of nitrogens with one attached hydrogen (secondary N) is 2. The van der Waals surface area contributed by atoms with Crippen molar-refractivity contribution in [3.63, 3.8) is 0 Å². The molecule has 2 atom stereocenters. The summed E-state index contributed by atoms with van der Waals surface area (Å²) in [5.74, 6) is 1.23. The van der Waals surface area contributed by atoms with Crippen molar-refractivity contribution in [2.75, 3.05) is 19.7 Å². The molecule has 2 aliphatic rings. The van der Waals surface area contributed by atoms with E-state index in [2.05, 4.69) is 10.3 Å². The number of carbonyl (C=O) groups is 2. The number of hydrogen-bond donors (Lipinski definition) is 2. The van der Waals surface area contributed by atoms with Gasteiger partial charge in [0, 0.05) is 30.4 Å². The van der Waals surface area contributed by atoms with Gasteiger partial charge in [0.2, 0.25) is 5.91 Å². The fourth-order valence-corrected chi connectivity index (χ4v) is 3.78. The third-order valence-electron chi connectivity index (χ3n) is 4.97. The summed E-state index contributed by atoms with van der Waals surface area (Å²) in [6, 6.07) is 7.73. The standard InChI is InChI=1S/C18H21N3O3/c1-2-24-16-5-3-4-13-12(16)8-14(19-13)18(23)21-9-11-6-7-17(22)20-15(11)10-21/h3-5,8,11,15,19H,2,6-7,9-10H2,1H3,(H,20,22). The first-order valence-corrected chi connectivity index (χ1v) is 8.49. The van der Waals surface area contributed by atoms with E-state index >= 15 is 0 Å². The first-order valence-electron chi connectivity index (χ1n) is 8.49. The molecule has 24 heavy (non-hydrogen) atoms. The summed E-state index contributed by atoms with van der Waals surface area (Å²) in [6.45, 7) is 3.82. The summed E-state index contributed by atoms with van der Waals surface area (Å²) in [4.78, 5) is 29.4. The van der Waals surface area contributed by atoms with Gasteiger partial charge in [0.15, 0.2) is 0 Å². The van der Waals surface area contributed by atoms with Crippen LogP contribution in [-0.2, 0) is 4.79 Å². The van der Waals surface area contributed by atoms with E-state index in [9.17, 15) is 9.59 Å². The quantitative estimate of drug-likeness (QED) is 0.904. The molecule has 126 valence electrons. The van der Waals surface area contributed by atoms with Crippen LogP contribution in [0.2, 0.25) is 0 Å². The SMILES string of the molecule is CCOc1cccc2[nH]c(C(=O)N3CC4CCC(=O)NC4C3)cc12. The average molecular weight is 327 g/mol. The third kappa shape index (κ3) is 2.52. The molecule has 0 saturated carbocycles. The predicted octanol–water partition coefficient (Wildman–Crippen LogP) is 1.92. The Labute approximate surface area is 140 Å². The van der Waals surface area contributed by atoms with E-state index in [0.29, 0.717) is 37.7 Å². The zero-order valence-corrected chi connectivity index (χ0v) is 13.7. The highest BCUT2D eigenvalue weighted by Crippen LogP contribution is 2.29. The van der Waals surface area contributed by atoms with Crippen LogP contribution in [0.4, 0.5) is 0 Å². The molecule has 4 rings (SSSR count). The van der Waals surface area contributed by atoms with Crippen LogP contribution in [0.25, 0.3) is 10.9 Å². The lowest BCUT2D eigenvalue weighted by Gasteiger charge is -2.24. The van der Waals surface area contributed by atoms with Crippen LogP contribution in [0, 0.1) is 5.92 Å². The number of fused-ring (bicyclic) bond motifs is 2. The molecule has 6 nitrogen and oxygen atoms in total. The summed E-state index contributed by atoms with van der Waals surface area (Å²) in [5, 5.41) is 3.93. The van der Waals surface area contributed by atoms with Gasteiger partial charge in [0.1, 0.15) is 11.4 Å². The molecule has 0 spiro atoms. The van der Waals surface area contributed by atoms with Crippen LogP contribution in [0.3, 0.4) is 0 Å². The number of aromatic nitrogens is 1. The third-order valence-corrected chi connectivity index (χ3v) is 4.97. The minimum Gasteiger partial charge on any atom is -0.493 e. The Hall–Kier alpha value is -2.50. The molecule has 2 N–H and O–H groups in total. The predicted molar refractivity (Wildman–Crippen MR) is 90.0 cm³/mol. The number of piperidine rings is 1. The summed E-state index contributed by atoms with van der Waals surface area (Å²) >= 11 is 0. The number of benzene rings is 1. The molecule has 2 aliphatic heterocycles. The maximum atomic E-state index is 12.9. The van der Waals surface area contributed by atoms with Crippen LogP contribution in [0.15, 0.2) is 24.3 Å². The highest BCUT2D eigenvalue weighted by atomic mass is 16.5. The van der Waals surface area contributed by atoms with Crippen LogP contribution in [-0.4, -0.2) is 47.4 Å². The van der Waals surface area contributed by atoms with Gasteiger partial charge in [-0.25, -0.2) is 0 Å². The monoisotopic (exact) mass is 327 g/mol. The largest absolute Gasteiger partial charge is 0.493 e. The fraction of sp³-hybridized carbons (Fsp3) is 0.444. The number of aromatic amines is 1. The Morgan fingerprint density at radius 1 is 1.38 bits per heavy atom. The molecular formula is C18H21N3O3. The molecule has 2 fully saturated rings. The first-order chi connectivity index (χ1) is 11.7. The van der Waals surface area contributed by atoms with E-state index in [0.717, 1.165) is 23.1 Å². The molecule has 2 aromatic rings.